The highest BCUT2D eigenvalue weighted by atomic mass is 16.2. The van der Waals surface area contributed by atoms with Gasteiger partial charge in [-0.2, -0.15) is 5.10 Å². The van der Waals surface area contributed by atoms with Crippen LogP contribution in [0.2, 0.25) is 0 Å². The fourth-order valence-electron chi connectivity index (χ4n) is 3.35. The highest BCUT2D eigenvalue weighted by Crippen LogP contribution is 2.22. The second-order valence-corrected chi connectivity index (χ2v) is 6.23. The number of likely N-dealkylation sites (tertiary alicyclic amines) is 1. The summed E-state index contributed by atoms with van der Waals surface area (Å²) in [5.41, 5.74) is 1.71. The van der Waals surface area contributed by atoms with Gasteiger partial charge in [0.15, 0.2) is 0 Å². The van der Waals surface area contributed by atoms with E-state index >= 15 is 0 Å². The average Bonchev–Trinajstić information content (AvgIpc) is 3.24. The molecule has 3 aromatic rings. The number of amides is 1. The predicted octanol–water partition coefficient (Wildman–Crippen LogP) is 2.92. The van der Waals surface area contributed by atoms with E-state index in [1.807, 2.05) is 58.4 Å². The third kappa shape index (κ3) is 2.86. The van der Waals surface area contributed by atoms with E-state index in [2.05, 4.69) is 10.1 Å². The average molecular weight is 308 g/mol. The molecule has 3 heterocycles. The van der Waals surface area contributed by atoms with E-state index in [-0.39, 0.29) is 5.91 Å². The second kappa shape index (κ2) is 5.91. The zero-order valence-electron chi connectivity index (χ0n) is 13.0. The number of carbonyl (C=O) groups is 1. The van der Waals surface area contributed by atoms with Gasteiger partial charge in [-0.15, -0.1) is 0 Å². The minimum Gasteiger partial charge on any atom is -0.351 e. The van der Waals surface area contributed by atoms with Gasteiger partial charge in [0.1, 0.15) is 5.69 Å². The van der Waals surface area contributed by atoms with Gasteiger partial charge in [0.25, 0.3) is 5.91 Å². The molecule has 1 aliphatic rings. The zero-order valence-corrected chi connectivity index (χ0v) is 13.0. The third-order valence-electron chi connectivity index (χ3n) is 4.67. The molecule has 1 N–H and O–H groups in total. The number of aromatic nitrogens is 3. The minimum atomic E-state index is 0.110. The number of nitrogens with zero attached hydrogens (tertiary/aromatic N) is 3. The molecule has 2 aromatic heterocycles. The van der Waals surface area contributed by atoms with Crippen molar-refractivity contribution < 1.29 is 4.79 Å². The smallest absolute Gasteiger partial charge is 0.270 e. The second-order valence-electron chi connectivity index (χ2n) is 6.23. The molecule has 0 bridgehead atoms. The Kier molecular flexibility index (Phi) is 3.61. The SMILES string of the molecule is O=C(c1cc2ccccc2[nH]1)N1CCC(Cn2cccn2)CC1. The first-order valence-corrected chi connectivity index (χ1v) is 8.14. The van der Waals surface area contributed by atoms with E-state index in [4.69, 9.17) is 0 Å². The predicted molar refractivity (Wildman–Crippen MR) is 89.2 cm³/mol. The van der Waals surface area contributed by atoms with Gasteiger partial charge in [-0.1, -0.05) is 18.2 Å². The number of H-pyrrole nitrogens is 1. The van der Waals surface area contributed by atoms with Crippen LogP contribution >= 0.6 is 0 Å². The van der Waals surface area contributed by atoms with E-state index in [1.165, 1.54) is 0 Å². The Hall–Kier alpha value is -2.56. The maximum atomic E-state index is 12.7. The number of hydrogen-bond acceptors (Lipinski definition) is 2. The third-order valence-corrected chi connectivity index (χ3v) is 4.67. The maximum absolute atomic E-state index is 12.7. The first-order chi connectivity index (χ1) is 11.3. The van der Waals surface area contributed by atoms with Crippen LogP contribution in [0.1, 0.15) is 23.3 Å². The normalized spacial score (nSPS) is 16.1. The Labute approximate surface area is 134 Å². The summed E-state index contributed by atoms with van der Waals surface area (Å²) in [5, 5.41) is 5.35. The Balaban J connectivity index is 1.40. The fourth-order valence-corrected chi connectivity index (χ4v) is 3.35. The van der Waals surface area contributed by atoms with Gasteiger partial charge in [-0.3, -0.25) is 9.48 Å². The molecule has 1 aromatic carbocycles. The first kappa shape index (κ1) is 14.1. The van der Waals surface area contributed by atoms with Crippen molar-refractivity contribution >= 4 is 16.8 Å². The van der Waals surface area contributed by atoms with Crippen LogP contribution in [0.15, 0.2) is 48.8 Å². The Morgan fingerprint density at radius 1 is 1.22 bits per heavy atom. The topological polar surface area (TPSA) is 53.9 Å². The van der Waals surface area contributed by atoms with Crippen LogP contribution in [0.3, 0.4) is 0 Å². The molecule has 0 saturated carbocycles. The number of fused-ring (bicyclic) bond motifs is 1. The molecule has 0 aliphatic carbocycles. The van der Waals surface area contributed by atoms with Crippen LogP contribution in [0.5, 0.6) is 0 Å². The number of hydrogen-bond donors (Lipinski definition) is 1. The molecular formula is C18H20N4O. The molecule has 4 rings (SSSR count). The Morgan fingerprint density at radius 2 is 2.04 bits per heavy atom. The summed E-state index contributed by atoms with van der Waals surface area (Å²) in [6, 6.07) is 11.9. The van der Waals surface area contributed by atoms with Gasteiger partial charge in [0.2, 0.25) is 0 Å². The van der Waals surface area contributed by atoms with E-state index in [0.29, 0.717) is 11.6 Å². The summed E-state index contributed by atoms with van der Waals surface area (Å²) in [7, 11) is 0. The van der Waals surface area contributed by atoms with Gasteiger partial charge in [-0.25, -0.2) is 0 Å². The number of carbonyl (C=O) groups excluding carboxylic acids is 1. The molecule has 118 valence electrons. The quantitative estimate of drug-likeness (QED) is 0.809. The molecule has 1 saturated heterocycles. The van der Waals surface area contributed by atoms with Crippen molar-refractivity contribution in [3.8, 4) is 0 Å². The standard InChI is InChI=1S/C18H20N4O/c23-18(17-12-15-4-1-2-5-16(15)20-17)21-10-6-14(7-11-21)13-22-9-3-8-19-22/h1-5,8-9,12,14,20H,6-7,10-11,13H2. The van der Waals surface area contributed by atoms with Crippen LogP contribution in [0.4, 0.5) is 0 Å². The fraction of sp³-hybridized carbons (Fsp3) is 0.333. The molecule has 0 unspecified atom stereocenters. The van der Waals surface area contributed by atoms with Crippen LogP contribution < -0.4 is 0 Å². The maximum Gasteiger partial charge on any atom is 0.270 e. The summed E-state index contributed by atoms with van der Waals surface area (Å²) in [5.74, 6) is 0.709. The Morgan fingerprint density at radius 3 is 2.78 bits per heavy atom. The minimum absolute atomic E-state index is 0.110. The van der Waals surface area contributed by atoms with Crippen LogP contribution in [0.25, 0.3) is 10.9 Å². The lowest BCUT2D eigenvalue weighted by Gasteiger charge is -2.31. The van der Waals surface area contributed by atoms with Crippen molar-refractivity contribution in [2.75, 3.05) is 13.1 Å². The van der Waals surface area contributed by atoms with Gasteiger partial charge in [0.05, 0.1) is 0 Å². The number of nitrogens with one attached hydrogen (secondary N) is 1. The largest absolute Gasteiger partial charge is 0.351 e. The van der Waals surface area contributed by atoms with E-state index < -0.39 is 0 Å². The molecule has 23 heavy (non-hydrogen) atoms. The van der Waals surface area contributed by atoms with E-state index in [9.17, 15) is 4.79 Å². The molecule has 5 heteroatoms. The molecule has 5 nitrogen and oxygen atoms in total. The van der Waals surface area contributed by atoms with Crippen molar-refractivity contribution in [3.63, 3.8) is 0 Å². The summed E-state index contributed by atoms with van der Waals surface area (Å²) >= 11 is 0. The highest BCUT2D eigenvalue weighted by Gasteiger charge is 2.24. The molecule has 0 spiro atoms. The molecule has 1 aliphatic heterocycles. The van der Waals surface area contributed by atoms with Crippen LogP contribution in [-0.4, -0.2) is 38.7 Å². The van der Waals surface area contributed by atoms with Gasteiger partial charge in [0, 0.05) is 42.9 Å². The number of aromatic amines is 1. The van der Waals surface area contributed by atoms with Crippen molar-refractivity contribution in [3.05, 3.63) is 54.5 Å². The van der Waals surface area contributed by atoms with Gasteiger partial charge >= 0.3 is 0 Å². The van der Waals surface area contributed by atoms with Crippen molar-refractivity contribution in [1.29, 1.82) is 0 Å². The lowest BCUT2D eigenvalue weighted by molar-refractivity contribution is 0.0676. The summed E-state index contributed by atoms with van der Waals surface area (Å²) in [6.45, 7) is 2.59. The van der Waals surface area contributed by atoms with E-state index in [1.54, 1.807) is 0 Å². The molecule has 1 fully saturated rings. The molecule has 0 atom stereocenters. The Bertz CT molecular complexity index is 764. The summed E-state index contributed by atoms with van der Waals surface area (Å²) in [4.78, 5) is 17.9. The number of rotatable bonds is 3. The number of piperidine rings is 1. The monoisotopic (exact) mass is 308 g/mol. The molecular weight excluding hydrogens is 288 g/mol. The van der Waals surface area contributed by atoms with E-state index in [0.717, 1.165) is 43.4 Å². The molecule has 1 amide bonds. The number of benzene rings is 1. The van der Waals surface area contributed by atoms with Crippen LogP contribution in [0, 0.1) is 5.92 Å². The lowest BCUT2D eigenvalue weighted by atomic mass is 9.96. The van der Waals surface area contributed by atoms with Crippen molar-refractivity contribution in [1.82, 2.24) is 19.7 Å². The molecule has 0 radical (unpaired) electrons. The van der Waals surface area contributed by atoms with Crippen molar-refractivity contribution in [2.24, 2.45) is 5.92 Å². The summed E-state index contributed by atoms with van der Waals surface area (Å²) in [6.07, 6.45) is 5.88. The highest BCUT2D eigenvalue weighted by molar-refractivity contribution is 5.98. The summed E-state index contributed by atoms with van der Waals surface area (Å²) < 4.78 is 1.99. The lowest BCUT2D eigenvalue weighted by Crippen LogP contribution is -2.39. The zero-order chi connectivity index (χ0) is 15.6. The van der Waals surface area contributed by atoms with Crippen LogP contribution in [-0.2, 0) is 6.54 Å². The van der Waals surface area contributed by atoms with Crippen molar-refractivity contribution in [2.45, 2.75) is 19.4 Å². The first-order valence-electron chi connectivity index (χ1n) is 8.14. The number of para-hydroxylation sites is 1. The van der Waals surface area contributed by atoms with Gasteiger partial charge in [-0.05, 0) is 37.0 Å². The van der Waals surface area contributed by atoms with Gasteiger partial charge < -0.3 is 9.88 Å².